The Balaban J connectivity index is 1.56. The Morgan fingerprint density at radius 1 is 1.04 bits per heavy atom. The summed E-state index contributed by atoms with van der Waals surface area (Å²) in [5.41, 5.74) is 2.27. The molecular formula is C21H23N3O4. The number of benzene rings is 2. The van der Waals surface area contributed by atoms with Gasteiger partial charge in [0.2, 0.25) is 0 Å². The Bertz CT molecular complexity index is 867. The van der Waals surface area contributed by atoms with Crippen LogP contribution in [0.5, 0.6) is 0 Å². The van der Waals surface area contributed by atoms with Gasteiger partial charge in [-0.2, -0.15) is 0 Å². The smallest absolute Gasteiger partial charge is 0.319 e. The topological polar surface area (TPSA) is 87.7 Å². The van der Waals surface area contributed by atoms with E-state index in [4.69, 9.17) is 4.74 Å². The highest BCUT2D eigenvalue weighted by Crippen LogP contribution is 2.26. The van der Waals surface area contributed by atoms with Crippen LogP contribution >= 0.6 is 0 Å². The molecule has 0 atom stereocenters. The molecular weight excluding hydrogens is 358 g/mol. The molecule has 3 rings (SSSR count). The molecule has 0 saturated heterocycles. The zero-order chi connectivity index (χ0) is 19.9. The van der Waals surface area contributed by atoms with Crippen molar-refractivity contribution in [3.05, 3.63) is 65.2 Å². The maximum absolute atomic E-state index is 12.5. The average Bonchev–Trinajstić information content (AvgIpc) is 2.93. The van der Waals surface area contributed by atoms with Crippen molar-refractivity contribution in [3.8, 4) is 0 Å². The number of hydrogen-bond acceptors (Lipinski definition) is 4. The van der Waals surface area contributed by atoms with E-state index in [0.29, 0.717) is 42.9 Å². The van der Waals surface area contributed by atoms with E-state index < -0.39 is 0 Å². The molecule has 146 valence electrons. The number of methoxy groups -OCH3 is 1. The van der Waals surface area contributed by atoms with Crippen LogP contribution in [-0.4, -0.2) is 49.6 Å². The van der Waals surface area contributed by atoms with Gasteiger partial charge in [0.15, 0.2) is 0 Å². The van der Waals surface area contributed by atoms with Crippen LogP contribution < -0.4 is 10.6 Å². The van der Waals surface area contributed by atoms with Gasteiger partial charge in [0, 0.05) is 32.5 Å². The number of ether oxygens (including phenoxy) is 1. The quantitative estimate of drug-likeness (QED) is 0.544. The molecule has 2 aromatic rings. The Labute approximate surface area is 163 Å². The molecule has 0 fully saturated rings. The summed E-state index contributed by atoms with van der Waals surface area (Å²) in [5, 5.41) is 5.49. The van der Waals surface area contributed by atoms with Crippen molar-refractivity contribution in [1.29, 1.82) is 0 Å². The number of nitrogens with one attached hydrogen (secondary N) is 2. The van der Waals surface area contributed by atoms with Crippen molar-refractivity contribution in [1.82, 2.24) is 10.2 Å². The highest BCUT2D eigenvalue weighted by molar-refractivity contribution is 6.21. The number of urea groups is 1. The van der Waals surface area contributed by atoms with Crippen LogP contribution in [-0.2, 0) is 11.2 Å². The molecule has 0 aromatic heterocycles. The van der Waals surface area contributed by atoms with E-state index in [-0.39, 0.29) is 17.8 Å². The van der Waals surface area contributed by atoms with Gasteiger partial charge in [-0.05, 0) is 36.6 Å². The number of imide groups is 1. The van der Waals surface area contributed by atoms with E-state index >= 15 is 0 Å². The molecule has 0 bridgehead atoms. The van der Waals surface area contributed by atoms with E-state index in [1.165, 1.54) is 4.90 Å². The minimum Gasteiger partial charge on any atom is -0.385 e. The normalized spacial score (nSPS) is 12.8. The lowest BCUT2D eigenvalue weighted by atomic mass is 10.1. The number of carbonyl (C=O) groups is 3. The zero-order valence-electron chi connectivity index (χ0n) is 15.7. The van der Waals surface area contributed by atoms with Gasteiger partial charge in [-0.3, -0.25) is 14.5 Å². The van der Waals surface area contributed by atoms with Crippen LogP contribution in [0.4, 0.5) is 10.5 Å². The molecule has 0 saturated carbocycles. The molecule has 0 aliphatic carbocycles. The van der Waals surface area contributed by atoms with Gasteiger partial charge in [-0.15, -0.1) is 0 Å². The molecule has 0 radical (unpaired) electrons. The molecule has 0 unspecified atom stereocenters. The van der Waals surface area contributed by atoms with E-state index in [1.807, 2.05) is 30.3 Å². The summed E-state index contributed by atoms with van der Waals surface area (Å²) in [7, 11) is 1.57. The summed E-state index contributed by atoms with van der Waals surface area (Å²) in [6.45, 7) is 1.28. The standard InChI is InChI=1S/C21H23N3O4/c1-28-13-5-12-24-19(25)17-9-8-16(14-18(17)20(24)26)23-21(27)22-11-10-15-6-3-2-4-7-15/h2-4,6-9,14H,5,10-13H2,1H3,(H2,22,23,27). The average molecular weight is 381 g/mol. The fourth-order valence-electron chi connectivity index (χ4n) is 3.08. The third kappa shape index (κ3) is 4.55. The summed E-state index contributed by atoms with van der Waals surface area (Å²) in [6, 6.07) is 14.2. The first-order valence-electron chi connectivity index (χ1n) is 9.18. The molecule has 2 N–H and O–H groups in total. The third-order valence-electron chi connectivity index (χ3n) is 4.50. The second kappa shape index (κ2) is 9.14. The number of anilines is 1. The number of hydrogen-bond donors (Lipinski definition) is 2. The monoisotopic (exact) mass is 381 g/mol. The molecule has 2 aromatic carbocycles. The lowest BCUT2D eigenvalue weighted by Gasteiger charge is -2.12. The maximum Gasteiger partial charge on any atom is 0.319 e. The first-order valence-corrected chi connectivity index (χ1v) is 9.18. The van der Waals surface area contributed by atoms with Gasteiger partial charge in [0.1, 0.15) is 0 Å². The predicted molar refractivity (Wildman–Crippen MR) is 105 cm³/mol. The Kier molecular flexibility index (Phi) is 6.39. The Morgan fingerprint density at radius 2 is 1.79 bits per heavy atom. The summed E-state index contributed by atoms with van der Waals surface area (Å²) in [6.07, 6.45) is 1.30. The Hall–Kier alpha value is -3.19. The highest BCUT2D eigenvalue weighted by Gasteiger charge is 2.35. The number of rotatable bonds is 8. The maximum atomic E-state index is 12.5. The number of nitrogens with zero attached hydrogens (tertiary/aromatic N) is 1. The predicted octanol–water partition coefficient (Wildman–Crippen LogP) is 2.68. The number of amides is 4. The lowest BCUT2D eigenvalue weighted by molar-refractivity contribution is 0.0638. The fraction of sp³-hybridized carbons (Fsp3) is 0.286. The summed E-state index contributed by atoms with van der Waals surface area (Å²) < 4.78 is 4.97. The van der Waals surface area contributed by atoms with Gasteiger partial charge >= 0.3 is 6.03 Å². The van der Waals surface area contributed by atoms with E-state index in [0.717, 1.165) is 12.0 Å². The van der Waals surface area contributed by atoms with Crippen molar-refractivity contribution in [2.75, 3.05) is 32.1 Å². The zero-order valence-corrected chi connectivity index (χ0v) is 15.7. The van der Waals surface area contributed by atoms with E-state index in [9.17, 15) is 14.4 Å². The summed E-state index contributed by atoms with van der Waals surface area (Å²) in [4.78, 5) is 38.2. The SMILES string of the molecule is COCCCN1C(=O)c2ccc(NC(=O)NCCc3ccccc3)cc2C1=O. The van der Waals surface area contributed by atoms with Gasteiger partial charge in [0.05, 0.1) is 11.1 Å². The molecule has 7 heteroatoms. The van der Waals surface area contributed by atoms with Crippen molar-refractivity contribution in [2.45, 2.75) is 12.8 Å². The second-order valence-electron chi connectivity index (χ2n) is 6.49. The highest BCUT2D eigenvalue weighted by atomic mass is 16.5. The Morgan fingerprint density at radius 3 is 2.54 bits per heavy atom. The number of fused-ring (bicyclic) bond motifs is 1. The van der Waals surface area contributed by atoms with Crippen LogP contribution in [0.2, 0.25) is 0 Å². The van der Waals surface area contributed by atoms with Crippen LogP contribution in [0, 0.1) is 0 Å². The first-order chi connectivity index (χ1) is 13.6. The van der Waals surface area contributed by atoms with Crippen LogP contribution in [0.15, 0.2) is 48.5 Å². The molecule has 0 spiro atoms. The van der Waals surface area contributed by atoms with Gasteiger partial charge < -0.3 is 15.4 Å². The van der Waals surface area contributed by atoms with Gasteiger partial charge in [0.25, 0.3) is 11.8 Å². The van der Waals surface area contributed by atoms with E-state index in [2.05, 4.69) is 10.6 Å². The third-order valence-corrected chi connectivity index (χ3v) is 4.50. The molecule has 1 heterocycles. The van der Waals surface area contributed by atoms with Gasteiger partial charge in [-0.25, -0.2) is 4.79 Å². The molecule has 7 nitrogen and oxygen atoms in total. The van der Waals surface area contributed by atoms with Crippen molar-refractivity contribution in [3.63, 3.8) is 0 Å². The van der Waals surface area contributed by atoms with Crippen molar-refractivity contribution >= 4 is 23.5 Å². The molecule has 28 heavy (non-hydrogen) atoms. The molecule has 1 aliphatic heterocycles. The largest absolute Gasteiger partial charge is 0.385 e. The second-order valence-corrected chi connectivity index (χ2v) is 6.49. The first kappa shape index (κ1) is 19.6. The van der Waals surface area contributed by atoms with Crippen molar-refractivity contribution < 1.29 is 19.1 Å². The lowest BCUT2D eigenvalue weighted by Crippen LogP contribution is -2.31. The van der Waals surface area contributed by atoms with Gasteiger partial charge in [-0.1, -0.05) is 30.3 Å². The summed E-state index contributed by atoms with van der Waals surface area (Å²) >= 11 is 0. The van der Waals surface area contributed by atoms with Crippen LogP contribution in [0.3, 0.4) is 0 Å². The molecule has 4 amide bonds. The minimum atomic E-state index is -0.357. The van der Waals surface area contributed by atoms with E-state index in [1.54, 1.807) is 25.3 Å². The van der Waals surface area contributed by atoms with Crippen LogP contribution in [0.25, 0.3) is 0 Å². The minimum absolute atomic E-state index is 0.308. The van der Waals surface area contributed by atoms with Crippen LogP contribution in [0.1, 0.15) is 32.7 Å². The van der Waals surface area contributed by atoms with Crippen molar-refractivity contribution in [2.24, 2.45) is 0 Å². The summed E-state index contributed by atoms with van der Waals surface area (Å²) in [5.74, 6) is -0.654. The molecule has 1 aliphatic rings. The number of carbonyl (C=O) groups excluding carboxylic acids is 3. The fourth-order valence-corrected chi connectivity index (χ4v) is 3.08.